The van der Waals surface area contributed by atoms with Crippen LogP contribution < -0.4 is 16.0 Å². The second-order valence-electron chi connectivity index (χ2n) is 5.29. The third kappa shape index (κ3) is 2.91. The smallest absolute Gasteiger partial charge is 0.253 e. The number of carbonyl (C=O) groups excluding carboxylic acids is 2. The first-order valence-electron chi connectivity index (χ1n) is 7.17. The van der Waals surface area contributed by atoms with Gasteiger partial charge in [-0.1, -0.05) is 36.4 Å². The van der Waals surface area contributed by atoms with Gasteiger partial charge in [0.25, 0.3) is 5.91 Å². The van der Waals surface area contributed by atoms with Crippen molar-refractivity contribution in [2.24, 2.45) is 5.73 Å². The first kappa shape index (κ1) is 14.8. The molecule has 0 fully saturated rings. The first-order chi connectivity index (χ1) is 11.1. The summed E-state index contributed by atoms with van der Waals surface area (Å²) in [5, 5.41) is 10.0. The Morgan fingerprint density at radius 3 is 2.52 bits per heavy atom. The van der Waals surface area contributed by atoms with Gasteiger partial charge in [-0.3, -0.25) is 15.0 Å². The van der Waals surface area contributed by atoms with Crippen LogP contribution in [0.4, 0.5) is 5.69 Å². The number of nitrogen functional groups attached to an aromatic ring is 1. The largest absolute Gasteiger partial charge is 0.384 e. The maximum atomic E-state index is 12.4. The van der Waals surface area contributed by atoms with Crippen LogP contribution in [-0.4, -0.2) is 24.2 Å². The minimum Gasteiger partial charge on any atom is -0.384 e. The average Bonchev–Trinajstić information content (AvgIpc) is 2.68. The van der Waals surface area contributed by atoms with Gasteiger partial charge in [-0.05, 0) is 17.7 Å². The van der Waals surface area contributed by atoms with Crippen LogP contribution in [-0.2, 0) is 11.3 Å². The maximum Gasteiger partial charge on any atom is 0.253 e. The molecule has 116 valence electrons. The van der Waals surface area contributed by atoms with Crippen LogP contribution in [0.25, 0.3) is 0 Å². The van der Waals surface area contributed by atoms with E-state index in [0.717, 1.165) is 5.56 Å². The van der Waals surface area contributed by atoms with Gasteiger partial charge in [-0.15, -0.1) is 0 Å². The molecule has 1 heterocycles. The molecule has 0 unspecified atom stereocenters. The fourth-order valence-electron chi connectivity index (χ4n) is 2.53. The number of nitrogens with one attached hydrogen (secondary N) is 2. The highest BCUT2D eigenvalue weighted by Crippen LogP contribution is 2.24. The lowest BCUT2D eigenvalue weighted by atomic mass is 10.1. The van der Waals surface area contributed by atoms with Crippen LogP contribution in [0.3, 0.4) is 0 Å². The molecule has 3 rings (SSSR count). The lowest BCUT2D eigenvalue weighted by Crippen LogP contribution is -2.36. The van der Waals surface area contributed by atoms with Gasteiger partial charge < -0.3 is 16.0 Å². The van der Waals surface area contributed by atoms with Crippen molar-refractivity contribution in [3.8, 4) is 0 Å². The number of carbonyl (C=O) groups is 2. The molecule has 0 atom stereocenters. The molecule has 0 aliphatic carbocycles. The number of para-hydroxylation sites is 1. The summed E-state index contributed by atoms with van der Waals surface area (Å²) >= 11 is 0. The summed E-state index contributed by atoms with van der Waals surface area (Å²) in [4.78, 5) is 26.0. The van der Waals surface area contributed by atoms with Gasteiger partial charge in [0.1, 0.15) is 5.84 Å². The van der Waals surface area contributed by atoms with Gasteiger partial charge in [0.15, 0.2) is 0 Å². The molecule has 4 N–H and O–H groups in total. The van der Waals surface area contributed by atoms with E-state index >= 15 is 0 Å². The monoisotopic (exact) mass is 308 g/mol. The van der Waals surface area contributed by atoms with Gasteiger partial charge in [0.2, 0.25) is 5.91 Å². The maximum absolute atomic E-state index is 12.4. The second kappa shape index (κ2) is 5.92. The second-order valence-corrected chi connectivity index (χ2v) is 5.29. The Morgan fingerprint density at radius 1 is 1.13 bits per heavy atom. The highest BCUT2D eigenvalue weighted by Gasteiger charge is 2.25. The number of nitrogens with two attached hydrogens (primary N) is 1. The van der Waals surface area contributed by atoms with E-state index < -0.39 is 0 Å². The number of rotatable bonds is 3. The van der Waals surface area contributed by atoms with Gasteiger partial charge in [0.05, 0.1) is 24.3 Å². The van der Waals surface area contributed by atoms with Crippen LogP contribution in [0.1, 0.15) is 21.5 Å². The van der Waals surface area contributed by atoms with E-state index in [1.165, 1.54) is 0 Å². The molecule has 0 spiro atoms. The summed E-state index contributed by atoms with van der Waals surface area (Å²) in [6.07, 6.45) is 0. The molecule has 0 radical (unpaired) electrons. The van der Waals surface area contributed by atoms with Crippen molar-refractivity contribution in [3.05, 3.63) is 65.2 Å². The fourth-order valence-corrected chi connectivity index (χ4v) is 2.53. The Hall–Kier alpha value is -3.15. The molecule has 0 aromatic heterocycles. The quantitative estimate of drug-likeness (QED) is 0.587. The Morgan fingerprint density at radius 2 is 1.83 bits per heavy atom. The molecular weight excluding hydrogens is 292 g/mol. The normalized spacial score (nSPS) is 14.0. The van der Waals surface area contributed by atoms with Crippen molar-refractivity contribution in [2.45, 2.75) is 6.54 Å². The van der Waals surface area contributed by atoms with Gasteiger partial charge in [-0.2, -0.15) is 0 Å². The number of anilines is 1. The average molecular weight is 308 g/mol. The van der Waals surface area contributed by atoms with Crippen molar-refractivity contribution < 1.29 is 9.59 Å². The molecule has 0 bridgehead atoms. The van der Waals surface area contributed by atoms with Gasteiger partial charge in [-0.25, -0.2) is 0 Å². The number of amides is 2. The molecule has 1 aliphatic rings. The third-order valence-corrected chi connectivity index (χ3v) is 3.75. The molecule has 23 heavy (non-hydrogen) atoms. The standard InChI is InChI=1S/C17H16N4O2/c18-16(19)12-7-5-11(6-8-12)10-21-14-4-2-1-3-13(14)17(23)20-9-15(21)22/h1-8H,9-10H2,(H3,18,19)(H,20,23). The van der Waals surface area contributed by atoms with Crippen LogP contribution >= 0.6 is 0 Å². The predicted octanol–water partition coefficient (Wildman–Crippen LogP) is 1.25. The zero-order chi connectivity index (χ0) is 16.4. The molecule has 1 aliphatic heterocycles. The fraction of sp³-hybridized carbons (Fsp3) is 0.118. The summed E-state index contributed by atoms with van der Waals surface area (Å²) in [5.41, 5.74) is 8.06. The van der Waals surface area contributed by atoms with Crippen LogP contribution in [0.2, 0.25) is 0 Å². The van der Waals surface area contributed by atoms with E-state index in [4.69, 9.17) is 11.1 Å². The number of fused-ring (bicyclic) bond motifs is 1. The lowest BCUT2D eigenvalue weighted by molar-refractivity contribution is -0.117. The van der Waals surface area contributed by atoms with Crippen molar-refractivity contribution >= 4 is 23.3 Å². The zero-order valence-corrected chi connectivity index (χ0v) is 12.4. The molecule has 0 saturated carbocycles. The minimum atomic E-state index is -0.247. The summed E-state index contributed by atoms with van der Waals surface area (Å²) in [6.45, 7) is 0.321. The molecule has 6 nitrogen and oxygen atoms in total. The Labute approximate surface area is 133 Å². The Bertz CT molecular complexity index is 783. The van der Waals surface area contributed by atoms with Crippen molar-refractivity contribution in [2.75, 3.05) is 11.4 Å². The molecule has 0 saturated heterocycles. The Kier molecular flexibility index (Phi) is 3.80. The van der Waals surface area contributed by atoms with Crippen LogP contribution in [0.15, 0.2) is 48.5 Å². The zero-order valence-electron chi connectivity index (χ0n) is 12.4. The van der Waals surface area contributed by atoms with Crippen LogP contribution in [0.5, 0.6) is 0 Å². The van der Waals surface area contributed by atoms with E-state index in [1.807, 2.05) is 12.1 Å². The highest BCUT2D eigenvalue weighted by atomic mass is 16.2. The first-order valence-corrected chi connectivity index (χ1v) is 7.17. The van der Waals surface area contributed by atoms with E-state index in [-0.39, 0.29) is 24.2 Å². The van der Waals surface area contributed by atoms with Crippen LogP contribution in [0, 0.1) is 5.41 Å². The van der Waals surface area contributed by atoms with E-state index in [9.17, 15) is 9.59 Å². The number of benzene rings is 2. The van der Waals surface area contributed by atoms with Gasteiger partial charge >= 0.3 is 0 Å². The van der Waals surface area contributed by atoms with E-state index in [0.29, 0.717) is 23.4 Å². The van der Waals surface area contributed by atoms with Gasteiger partial charge in [0, 0.05) is 5.56 Å². The van der Waals surface area contributed by atoms with Crippen molar-refractivity contribution in [1.29, 1.82) is 5.41 Å². The lowest BCUT2D eigenvalue weighted by Gasteiger charge is -2.22. The predicted molar refractivity (Wildman–Crippen MR) is 87.4 cm³/mol. The highest BCUT2D eigenvalue weighted by molar-refractivity contribution is 6.09. The van der Waals surface area contributed by atoms with E-state index in [2.05, 4.69) is 5.32 Å². The number of hydrogen-bond acceptors (Lipinski definition) is 3. The number of amidine groups is 1. The number of nitrogens with zero attached hydrogens (tertiary/aromatic N) is 1. The summed E-state index contributed by atoms with van der Waals surface area (Å²) in [5.74, 6) is -0.412. The summed E-state index contributed by atoms with van der Waals surface area (Å²) in [6, 6.07) is 14.2. The van der Waals surface area contributed by atoms with E-state index in [1.54, 1.807) is 41.3 Å². The van der Waals surface area contributed by atoms with Crippen molar-refractivity contribution in [1.82, 2.24) is 5.32 Å². The molecular formula is C17H16N4O2. The van der Waals surface area contributed by atoms with Crippen molar-refractivity contribution in [3.63, 3.8) is 0 Å². The summed E-state index contributed by atoms with van der Waals surface area (Å²) < 4.78 is 0. The SMILES string of the molecule is N=C(N)c1ccc(CN2C(=O)CNC(=O)c3ccccc32)cc1. The molecule has 2 aromatic rings. The minimum absolute atomic E-state index is 0.00235. The number of hydrogen-bond donors (Lipinski definition) is 3. The third-order valence-electron chi connectivity index (χ3n) is 3.75. The summed E-state index contributed by atoms with van der Waals surface area (Å²) in [7, 11) is 0. The molecule has 6 heteroatoms. The topological polar surface area (TPSA) is 99.3 Å². The Balaban J connectivity index is 1.94. The molecule has 2 aromatic carbocycles. The molecule has 2 amide bonds.